The van der Waals surface area contributed by atoms with E-state index in [0.29, 0.717) is 0 Å². The minimum Gasteiger partial charge on any atom is -0.457 e. The zero-order valence-electron chi connectivity index (χ0n) is 12.2. The van der Waals surface area contributed by atoms with Crippen LogP contribution in [0, 0.1) is 0 Å². The topological polar surface area (TPSA) is 9.23 Å². The van der Waals surface area contributed by atoms with E-state index in [4.69, 9.17) is 4.74 Å². The van der Waals surface area contributed by atoms with E-state index in [-0.39, 0.29) is 5.41 Å². The molecule has 0 saturated heterocycles. The Morgan fingerprint density at radius 2 is 1.53 bits per heavy atom. The molecule has 0 fully saturated rings. The van der Waals surface area contributed by atoms with Crippen LogP contribution < -0.4 is 4.74 Å². The third-order valence-electron chi connectivity index (χ3n) is 3.25. The number of rotatable bonds is 3. The van der Waals surface area contributed by atoms with Gasteiger partial charge in [-0.15, -0.1) is 0 Å². The van der Waals surface area contributed by atoms with Crippen molar-refractivity contribution in [2.75, 3.05) is 0 Å². The smallest absolute Gasteiger partial charge is 0.131 e. The molecular formula is C18H22O. The number of benzene rings is 2. The maximum Gasteiger partial charge on any atom is 0.131 e. The Labute approximate surface area is 116 Å². The summed E-state index contributed by atoms with van der Waals surface area (Å²) in [5.74, 6) is 1.84. The molecule has 0 amide bonds. The first kappa shape index (κ1) is 13.7. The molecule has 2 aromatic rings. The maximum absolute atomic E-state index is 6.04. The van der Waals surface area contributed by atoms with Gasteiger partial charge in [-0.3, -0.25) is 0 Å². The summed E-state index contributed by atoms with van der Waals surface area (Å²) in [4.78, 5) is 0. The molecule has 2 aromatic carbocycles. The molecule has 0 bridgehead atoms. The van der Waals surface area contributed by atoms with E-state index in [1.54, 1.807) is 0 Å². The predicted octanol–water partition coefficient (Wildman–Crippen LogP) is 5.34. The third-order valence-corrected chi connectivity index (χ3v) is 3.25. The first-order valence-electron chi connectivity index (χ1n) is 6.87. The molecule has 0 radical (unpaired) electrons. The van der Waals surface area contributed by atoms with Crippen molar-refractivity contribution in [3.8, 4) is 11.5 Å². The highest BCUT2D eigenvalue weighted by atomic mass is 16.5. The van der Waals surface area contributed by atoms with Gasteiger partial charge in [-0.2, -0.15) is 0 Å². The second kappa shape index (κ2) is 5.48. The third kappa shape index (κ3) is 3.37. The van der Waals surface area contributed by atoms with Crippen LogP contribution in [-0.2, 0) is 11.8 Å². The lowest BCUT2D eigenvalue weighted by atomic mass is 9.86. The molecule has 1 heteroatoms. The lowest BCUT2D eigenvalue weighted by molar-refractivity contribution is 0.455. The molecule has 0 aliphatic heterocycles. The van der Waals surface area contributed by atoms with Gasteiger partial charge in [0.05, 0.1) is 0 Å². The quantitative estimate of drug-likeness (QED) is 0.718. The Morgan fingerprint density at radius 3 is 2.11 bits per heavy atom. The van der Waals surface area contributed by atoms with Crippen molar-refractivity contribution in [2.24, 2.45) is 0 Å². The zero-order chi connectivity index (χ0) is 13.9. The van der Waals surface area contributed by atoms with Crippen LogP contribution in [0.5, 0.6) is 11.5 Å². The van der Waals surface area contributed by atoms with Crippen LogP contribution in [-0.4, -0.2) is 0 Å². The normalized spacial score (nSPS) is 11.4. The van der Waals surface area contributed by atoms with Crippen LogP contribution in [0.1, 0.15) is 38.8 Å². The molecule has 0 aliphatic rings. The van der Waals surface area contributed by atoms with Gasteiger partial charge in [0.25, 0.3) is 0 Å². The van der Waals surface area contributed by atoms with Gasteiger partial charge >= 0.3 is 0 Å². The van der Waals surface area contributed by atoms with Crippen LogP contribution in [0.4, 0.5) is 0 Å². The average Bonchev–Trinajstić information content (AvgIpc) is 2.39. The van der Waals surface area contributed by atoms with Crippen LogP contribution in [0.25, 0.3) is 0 Å². The van der Waals surface area contributed by atoms with Crippen molar-refractivity contribution < 1.29 is 4.74 Å². The van der Waals surface area contributed by atoms with E-state index in [2.05, 4.69) is 52.0 Å². The van der Waals surface area contributed by atoms with Gasteiger partial charge in [0.1, 0.15) is 11.5 Å². The zero-order valence-corrected chi connectivity index (χ0v) is 12.2. The fraction of sp³-hybridized carbons (Fsp3) is 0.333. The number of ether oxygens (including phenoxy) is 1. The van der Waals surface area contributed by atoms with Crippen molar-refractivity contribution in [1.82, 2.24) is 0 Å². The lowest BCUT2D eigenvalue weighted by Gasteiger charge is -2.22. The molecule has 0 aliphatic carbocycles. The second-order valence-electron chi connectivity index (χ2n) is 5.85. The Bertz CT molecular complexity index is 532. The molecule has 0 spiro atoms. The minimum absolute atomic E-state index is 0.0833. The molecular weight excluding hydrogens is 232 g/mol. The summed E-state index contributed by atoms with van der Waals surface area (Å²) in [5, 5.41) is 0. The Hall–Kier alpha value is -1.76. The van der Waals surface area contributed by atoms with Crippen molar-refractivity contribution >= 4 is 0 Å². The summed E-state index contributed by atoms with van der Waals surface area (Å²) in [6.45, 7) is 8.77. The number of hydrogen-bond acceptors (Lipinski definition) is 1. The highest BCUT2D eigenvalue weighted by Crippen LogP contribution is 2.33. The highest BCUT2D eigenvalue weighted by Gasteiger charge is 2.18. The van der Waals surface area contributed by atoms with Crippen molar-refractivity contribution in [3.63, 3.8) is 0 Å². The summed E-state index contributed by atoms with van der Waals surface area (Å²) in [6, 6.07) is 16.6. The van der Waals surface area contributed by atoms with Crippen molar-refractivity contribution in [2.45, 2.75) is 39.5 Å². The molecule has 0 saturated carbocycles. The monoisotopic (exact) mass is 254 g/mol. The summed E-state index contributed by atoms with van der Waals surface area (Å²) in [6.07, 6.45) is 1.05. The van der Waals surface area contributed by atoms with Crippen LogP contribution in [0.3, 0.4) is 0 Å². The fourth-order valence-electron chi connectivity index (χ4n) is 2.10. The van der Waals surface area contributed by atoms with Crippen molar-refractivity contribution in [1.29, 1.82) is 0 Å². The molecule has 0 heterocycles. The lowest BCUT2D eigenvalue weighted by Crippen LogP contribution is -2.12. The summed E-state index contributed by atoms with van der Waals surface area (Å²) >= 11 is 0. The molecule has 0 unspecified atom stereocenters. The molecule has 0 N–H and O–H groups in total. The maximum atomic E-state index is 6.04. The van der Waals surface area contributed by atoms with Gasteiger partial charge in [0.2, 0.25) is 0 Å². The van der Waals surface area contributed by atoms with E-state index >= 15 is 0 Å². The summed E-state index contributed by atoms with van der Waals surface area (Å²) in [5.41, 5.74) is 2.64. The molecule has 2 rings (SSSR count). The molecule has 100 valence electrons. The largest absolute Gasteiger partial charge is 0.457 e. The Morgan fingerprint density at radius 1 is 0.895 bits per heavy atom. The average molecular weight is 254 g/mol. The first-order valence-corrected chi connectivity index (χ1v) is 6.87. The van der Waals surface area contributed by atoms with E-state index in [0.717, 1.165) is 17.9 Å². The Kier molecular flexibility index (Phi) is 3.94. The standard InChI is InChI=1S/C18H22O/c1-5-14-10-12-15(13-11-14)19-17-9-7-6-8-16(17)18(2,3)4/h6-13H,5H2,1-4H3. The van der Waals surface area contributed by atoms with Gasteiger partial charge in [-0.05, 0) is 35.6 Å². The Balaban J connectivity index is 2.28. The summed E-state index contributed by atoms with van der Waals surface area (Å²) < 4.78 is 6.04. The molecule has 0 aromatic heterocycles. The highest BCUT2D eigenvalue weighted by molar-refractivity contribution is 5.41. The van der Waals surface area contributed by atoms with Gasteiger partial charge in [0, 0.05) is 5.56 Å². The van der Waals surface area contributed by atoms with E-state index < -0.39 is 0 Å². The molecule has 0 atom stereocenters. The van der Waals surface area contributed by atoms with E-state index in [1.807, 2.05) is 24.3 Å². The first-order chi connectivity index (χ1) is 9.00. The van der Waals surface area contributed by atoms with E-state index in [9.17, 15) is 0 Å². The SMILES string of the molecule is CCc1ccc(Oc2ccccc2C(C)(C)C)cc1. The number of aryl methyl sites for hydroxylation is 1. The number of hydrogen-bond donors (Lipinski definition) is 0. The van der Waals surface area contributed by atoms with Gasteiger partial charge in [-0.25, -0.2) is 0 Å². The predicted molar refractivity (Wildman–Crippen MR) is 81.0 cm³/mol. The van der Waals surface area contributed by atoms with Crippen LogP contribution in [0.15, 0.2) is 48.5 Å². The fourth-order valence-corrected chi connectivity index (χ4v) is 2.10. The number of para-hydroxylation sites is 1. The molecule has 1 nitrogen and oxygen atoms in total. The second-order valence-corrected chi connectivity index (χ2v) is 5.85. The minimum atomic E-state index is 0.0833. The van der Waals surface area contributed by atoms with Gasteiger partial charge < -0.3 is 4.74 Å². The summed E-state index contributed by atoms with van der Waals surface area (Å²) in [7, 11) is 0. The van der Waals surface area contributed by atoms with E-state index in [1.165, 1.54) is 11.1 Å². The van der Waals surface area contributed by atoms with Gasteiger partial charge in [-0.1, -0.05) is 58.0 Å². The van der Waals surface area contributed by atoms with Crippen LogP contribution in [0.2, 0.25) is 0 Å². The molecule has 19 heavy (non-hydrogen) atoms. The van der Waals surface area contributed by atoms with Gasteiger partial charge in [0.15, 0.2) is 0 Å². The van der Waals surface area contributed by atoms with Crippen molar-refractivity contribution in [3.05, 3.63) is 59.7 Å². The van der Waals surface area contributed by atoms with Crippen LogP contribution >= 0.6 is 0 Å².